The van der Waals surface area contributed by atoms with Crippen molar-refractivity contribution in [1.29, 1.82) is 0 Å². The number of nitrogens with zero attached hydrogens (tertiary/aromatic N) is 4. The largest absolute Gasteiger partial charge is 0.389 e. The summed E-state index contributed by atoms with van der Waals surface area (Å²) >= 11 is 0. The zero-order valence-electron chi connectivity index (χ0n) is 19.4. The lowest BCUT2D eigenvalue weighted by atomic mass is 9.71. The molecule has 1 unspecified atom stereocenters. The van der Waals surface area contributed by atoms with E-state index in [9.17, 15) is 18.7 Å². The van der Waals surface area contributed by atoms with Crippen molar-refractivity contribution in [2.24, 2.45) is 23.7 Å². The van der Waals surface area contributed by atoms with Gasteiger partial charge >= 0.3 is 0 Å². The lowest BCUT2D eigenvalue weighted by molar-refractivity contribution is -0.154. The van der Waals surface area contributed by atoms with Crippen LogP contribution in [0.1, 0.15) is 38.2 Å². The Morgan fingerprint density at radius 1 is 1.09 bits per heavy atom. The Kier molecular flexibility index (Phi) is 6.84. The number of benzene rings is 1. The highest BCUT2D eigenvalue weighted by Crippen LogP contribution is 2.50. The van der Waals surface area contributed by atoms with Crippen LogP contribution in [-0.4, -0.2) is 57.9 Å². The fraction of sp³-hybridized carbons (Fsp3) is 0.560. The van der Waals surface area contributed by atoms with Crippen LogP contribution in [0.15, 0.2) is 36.5 Å². The molecule has 2 saturated heterocycles. The average Bonchev–Trinajstić information content (AvgIpc) is 3.57. The molecule has 2 aliphatic heterocycles. The molecule has 5 rings (SSSR count). The lowest BCUT2D eigenvalue weighted by Crippen LogP contribution is -2.59. The summed E-state index contributed by atoms with van der Waals surface area (Å²) in [5, 5.41) is 19.5. The van der Waals surface area contributed by atoms with Gasteiger partial charge in [-0.05, 0) is 42.5 Å². The molecule has 0 spiro atoms. The highest BCUT2D eigenvalue weighted by molar-refractivity contribution is 5.85. The van der Waals surface area contributed by atoms with Gasteiger partial charge in [-0.1, -0.05) is 19.9 Å². The number of piperidine rings is 1. The number of aliphatic hydroxyl groups is 1. The van der Waals surface area contributed by atoms with Gasteiger partial charge in [0.15, 0.2) is 5.82 Å². The molecule has 34 heavy (non-hydrogen) atoms. The van der Waals surface area contributed by atoms with Gasteiger partial charge in [0.1, 0.15) is 11.6 Å². The summed E-state index contributed by atoms with van der Waals surface area (Å²) < 4.78 is 28.4. The number of carbonyl (C=O) groups is 1. The number of likely N-dealkylation sites (tertiary alicyclic amines) is 1. The van der Waals surface area contributed by atoms with E-state index < -0.39 is 29.1 Å². The summed E-state index contributed by atoms with van der Waals surface area (Å²) in [4.78, 5) is 17.6. The minimum Gasteiger partial charge on any atom is -0.389 e. The van der Waals surface area contributed by atoms with Crippen LogP contribution in [0.3, 0.4) is 0 Å². The normalized spacial score (nSPS) is 31.3. The van der Waals surface area contributed by atoms with Gasteiger partial charge in [-0.2, -0.15) is 5.10 Å². The molecular formula is C25H31ClF2N4O2. The van der Waals surface area contributed by atoms with Gasteiger partial charge in [0.25, 0.3) is 0 Å². The van der Waals surface area contributed by atoms with Crippen molar-refractivity contribution in [3.63, 3.8) is 0 Å². The second-order valence-electron chi connectivity index (χ2n) is 10.1. The van der Waals surface area contributed by atoms with E-state index in [1.54, 1.807) is 12.3 Å². The summed E-state index contributed by atoms with van der Waals surface area (Å²) in [7, 11) is 0. The molecule has 1 amide bonds. The van der Waals surface area contributed by atoms with Crippen molar-refractivity contribution in [3.05, 3.63) is 53.7 Å². The summed E-state index contributed by atoms with van der Waals surface area (Å²) in [6.07, 6.45) is 3.67. The highest BCUT2D eigenvalue weighted by atomic mass is 35.5. The quantitative estimate of drug-likeness (QED) is 0.705. The molecule has 3 fully saturated rings. The van der Waals surface area contributed by atoms with E-state index in [4.69, 9.17) is 0 Å². The second kappa shape index (κ2) is 9.38. The van der Waals surface area contributed by atoms with Crippen molar-refractivity contribution in [3.8, 4) is 0 Å². The van der Waals surface area contributed by atoms with Gasteiger partial charge < -0.3 is 14.9 Å². The Balaban J connectivity index is 0.00000274. The SMILES string of the molecule is C[C@@H]1CN(C(=O)[C@H]2CN(c3cccnn3)C[C@@H]2c2ccc(F)cc2F)C[C@H](C)C1(O)C1CC1.Cl. The number of aromatic nitrogens is 2. The van der Waals surface area contributed by atoms with Crippen molar-refractivity contribution < 1.29 is 18.7 Å². The maximum Gasteiger partial charge on any atom is 0.228 e. The summed E-state index contributed by atoms with van der Waals surface area (Å²) in [6, 6.07) is 7.16. The van der Waals surface area contributed by atoms with Crippen molar-refractivity contribution in [2.45, 2.75) is 38.2 Å². The average molecular weight is 493 g/mol. The summed E-state index contributed by atoms with van der Waals surface area (Å²) in [5.41, 5.74) is -0.394. The van der Waals surface area contributed by atoms with E-state index in [0.717, 1.165) is 18.9 Å². The Labute approximate surface area is 204 Å². The molecule has 3 heterocycles. The van der Waals surface area contributed by atoms with E-state index in [0.29, 0.717) is 43.5 Å². The first-order chi connectivity index (χ1) is 15.8. The topological polar surface area (TPSA) is 69.6 Å². The molecule has 0 bridgehead atoms. The molecule has 1 aromatic heterocycles. The maximum absolute atomic E-state index is 14.8. The van der Waals surface area contributed by atoms with Crippen LogP contribution in [-0.2, 0) is 4.79 Å². The third kappa shape index (κ3) is 4.26. The van der Waals surface area contributed by atoms with Crippen LogP contribution >= 0.6 is 12.4 Å². The Morgan fingerprint density at radius 3 is 2.38 bits per heavy atom. The Hall–Kier alpha value is -2.32. The third-order valence-electron chi connectivity index (χ3n) is 7.99. The van der Waals surface area contributed by atoms with E-state index in [-0.39, 0.29) is 30.2 Å². The number of amides is 1. The minimum absolute atomic E-state index is 0. The number of rotatable bonds is 4. The first kappa shape index (κ1) is 24.8. The maximum atomic E-state index is 14.8. The molecule has 6 nitrogen and oxygen atoms in total. The number of hydrogen-bond acceptors (Lipinski definition) is 5. The zero-order chi connectivity index (χ0) is 23.3. The highest BCUT2D eigenvalue weighted by Gasteiger charge is 2.55. The van der Waals surface area contributed by atoms with Crippen LogP contribution in [0, 0.1) is 35.3 Å². The molecule has 2 aromatic rings. The van der Waals surface area contributed by atoms with Gasteiger partial charge in [0, 0.05) is 56.2 Å². The molecule has 9 heteroatoms. The number of halogens is 3. The fourth-order valence-corrected chi connectivity index (χ4v) is 6.10. The Bertz CT molecular complexity index is 1030. The third-order valence-corrected chi connectivity index (χ3v) is 7.99. The number of carbonyl (C=O) groups excluding carboxylic acids is 1. The van der Waals surface area contributed by atoms with Gasteiger partial charge in [-0.15, -0.1) is 17.5 Å². The van der Waals surface area contributed by atoms with Crippen LogP contribution in [0.4, 0.5) is 14.6 Å². The fourth-order valence-electron chi connectivity index (χ4n) is 6.10. The molecule has 3 aliphatic rings. The summed E-state index contributed by atoms with van der Waals surface area (Å²) in [5.74, 6) is -1.38. The second-order valence-corrected chi connectivity index (χ2v) is 10.1. The predicted octanol–water partition coefficient (Wildman–Crippen LogP) is 3.65. The molecule has 1 N–H and O–H groups in total. The van der Waals surface area contributed by atoms with E-state index in [1.807, 2.05) is 29.7 Å². The molecule has 0 radical (unpaired) electrons. The van der Waals surface area contributed by atoms with Crippen molar-refractivity contribution in [1.82, 2.24) is 15.1 Å². The zero-order valence-corrected chi connectivity index (χ0v) is 20.2. The summed E-state index contributed by atoms with van der Waals surface area (Å²) in [6.45, 7) is 5.78. The van der Waals surface area contributed by atoms with E-state index >= 15 is 0 Å². The van der Waals surface area contributed by atoms with E-state index in [2.05, 4.69) is 10.2 Å². The minimum atomic E-state index is -0.736. The molecular weight excluding hydrogens is 462 g/mol. The molecule has 184 valence electrons. The van der Waals surface area contributed by atoms with Crippen molar-refractivity contribution >= 4 is 24.1 Å². The van der Waals surface area contributed by atoms with Crippen LogP contribution < -0.4 is 4.90 Å². The van der Waals surface area contributed by atoms with Gasteiger partial charge in [0.2, 0.25) is 5.91 Å². The van der Waals surface area contributed by atoms with Gasteiger partial charge in [-0.25, -0.2) is 8.78 Å². The number of anilines is 1. The molecule has 5 atom stereocenters. The molecule has 1 aromatic carbocycles. The monoisotopic (exact) mass is 492 g/mol. The predicted molar refractivity (Wildman–Crippen MR) is 127 cm³/mol. The van der Waals surface area contributed by atoms with Gasteiger partial charge in [0.05, 0.1) is 11.5 Å². The van der Waals surface area contributed by atoms with E-state index in [1.165, 1.54) is 12.1 Å². The van der Waals surface area contributed by atoms with Crippen LogP contribution in [0.5, 0.6) is 0 Å². The smallest absolute Gasteiger partial charge is 0.228 e. The molecule has 1 aliphatic carbocycles. The first-order valence-electron chi connectivity index (χ1n) is 11.8. The van der Waals surface area contributed by atoms with Crippen molar-refractivity contribution in [2.75, 3.05) is 31.1 Å². The lowest BCUT2D eigenvalue weighted by Gasteiger charge is -2.49. The molecule has 1 saturated carbocycles. The van der Waals surface area contributed by atoms with Gasteiger partial charge in [-0.3, -0.25) is 4.79 Å². The first-order valence-corrected chi connectivity index (χ1v) is 11.8. The Morgan fingerprint density at radius 2 is 1.79 bits per heavy atom. The standard InChI is InChI=1S/C25H30F2N4O2.ClH/c1-15-11-31(12-16(2)25(15,33)17-5-6-17)24(32)21-14-30(23-4-3-9-28-29-23)13-20(21)19-8-7-18(26)10-22(19)27;/h3-4,7-10,15-17,20-21,33H,5-6,11-14H2,1-2H3;1H/t15-,16+,20-,21+,25?;/m1./s1. The van der Waals surface area contributed by atoms with Crippen LogP contribution in [0.2, 0.25) is 0 Å². The van der Waals surface area contributed by atoms with Crippen LogP contribution in [0.25, 0.3) is 0 Å². The number of hydrogen-bond donors (Lipinski definition) is 1.